The Balaban J connectivity index is 1.64. The molecule has 1 N–H and O–H groups in total. The van der Waals surface area contributed by atoms with Gasteiger partial charge in [0, 0.05) is 6.21 Å². The van der Waals surface area contributed by atoms with Crippen LogP contribution in [0.1, 0.15) is 39.4 Å². The van der Waals surface area contributed by atoms with Crippen molar-refractivity contribution < 1.29 is 27.4 Å². The van der Waals surface area contributed by atoms with E-state index in [1.54, 1.807) is 24.3 Å². The number of ether oxygens (including phenoxy) is 1. The normalized spacial score (nSPS) is 17.2. The number of hydrogen-bond acceptors (Lipinski definition) is 3. The van der Waals surface area contributed by atoms with E-state index >= 15 is 0 Å². The molecule has 1 heterocycles. The van der Waals surface area contributed by atoms with Crippen LogP contribution in [0.25, 0.3) is 0 Å². The minimum absolute atomic E-state index is 0.254. The van der Waals surface area contributed by atoms with Crippen LogP contribution in [0, 0.1) is 19.7 Å². The lowest BCUT2D eigenvalue weighted by atomic mass is 9.89. The second-order valence-electron chi connectivity index (χ2n) is 8.05. The highest BCUT2D eigenvalue weighted by Gasteiger charge is 2.56. The predicted molar refractivity (Wildman–Crippen MR) is 114 cm³/mol. The maximum absolute atomic E-state index is 14.0. The molecule has 7 heteroatoms. The molecule has 3 nitrogen and oxygen atoms in total. The largest absolute Gasteiger partial charge is 0.490 e. The number of nitrogens with zero attached hydrogens (tertiary/aromatic N) is 1. The number of aliphatic imine (C=N–C) groups is 1. The number of benzene rings is 3. The van der Waals surface area contributed by atoms with Crippen molar-refractivity contribution in [2.45, 2.75) is 31.7 Å². The zero-order valence-electron chi connectivity index (χ0n) is 17.4. The molecule has 0 aromatic heterocycles. The fourth-order valence-electron chi connectivity index (χ4n) is 3.87. The quantitative estimate of drug-likeness (QED) is 0.507. The van der Waals surface area contributed by atoms with E-state index in [1.807, 2.05) is 19.9 Å². The van der Waals surface area contributed by atoms with Crippen LogP contribution in [0.5, 0.6) is 5.75 Å². The zero-order valence-corrected chi connectivity index (χ0v) is 17.4. The van der Waals surface area contributed by atoms with Gasteiger partial charge in [-0.3, -0.25) is 4.99 Å². The van der Waals surface area contributed by atoms with E-state index in [0.717, 1.165) is 16.7 Å². The first kappa shape index (κ1) is 22.0. The Hall–Kier alpha value is -3.19. The van der Waals surface area contributed by atoms with Gasteiger partial charge in [-0.1, -0.05) is 30.3 Å². The molecule has 0 bridgehead atoms. The lowest BCUT2D eigenvalue weighted by Crippen LogP contribution is -2.47. The van der Waals surface area contributed by atoms with Crippen LogP contribution in [0.3, 0.4) is 0 Å². The van der Waals surface area contributed by atoms with Crippen LogP contribution in [-0.2, 0) is 5.60 Å². The monoisotopic (exact) mass is 443 g/mol. The molecule has 0 saturated carbocycles. The summed E-state index contributed by atoms with van der Waals surface area (Å²) < 4.78 is 60.6. The van der Waals surface area contributed by atoms with Crippen molar-refractivity contribution in [1.82, 2.24) is 0 Å². The number of rotatable bonds is 5. The lowest BCUT2D eigenvalue weighted by molar-refractivity contribution is -0.275. The average molecular weight is 443 g/mol. The van der Waals surface area contributed by atoms with E-state index in [-0.39, 0.29) is 17.1 Å². The molecular formula is C25H21F4NO2. The molecule has 3 aromatic rings. The first-order chi connectivity index (χ1) is 15.1. The van der Waals surface area contributed by atoms with E-state index in [9.17, 15) is 22.7 Å². The van der Waals surface area contributed by atoms with Crippen LogP contribution in [0.2, 0.25) is 0 Å². The van der Waals surface area contributed by atoms with Crippen molar-refractivity contribution in [2.24, 2.45) is 4.99 Å². The van der Waals surface area contributed by atoms with Gasteiger partial charge in [0.2, 0.25) is 5.60 Å². The number of aryl methyl sites for hydroxylation is 2. The van der Waals surface area contributed by atoms with Gasteiger partial charge in [-0.2, -0.15) is 13.2 Å². The Labute approximate surface area is 183 Å². The van der Waals surface area contributed by atoms with Crippen LogP contribution >= 0.6 is 0 Å². The Morgan fingerprint density at radius 1 is 0.938 bits per heavy atom. The maximum Gasteiger partial charge on any atom is 0.424 e. The molecular weight excluding hydrogens is 422 g/mol. The fourth-order valence-corrected chi connectivity index (χ4v) is 3.87. The van der Waals surface area contributed by atoms with Gasteiger partial charge < -0.3 is 9.84 Å². The SMILES string of the molecule is Cc1cc(C)cc(OCC(O)(c2ccc3c(c2)C=NC3c2ccc(F)cc2)C(F)(F)F)c1. The van der Waals surface area contributed by atoms with Gasteiger partial charge >= 0.3 is 6.18 Å². The first-order valence-corrected chi connectivity index (χ1v) is 10.00. The number of aliphatic hydroxyl groups is 1. The van der Waals surface area contributed by atoms with E-state index in [1.165, 1.54) is 36.5 Å². The number of hydrogen-bond donors (Lipinski definition) is 1. The Morgan fingerprint density at radius 3 is 2.22 bits per heavy atom. The van der Waals surface area contributed by atoms with Gasteiger partial charge in [0.05, 0.1) is 0 Å². The van der Waals surface area contributed by atoms with E-state index in [2.05, 4.69) is 4.99 Å². The van der Waals surface area contributed by atoms with Gasteiger partial charge in [0.25, 0.3) is 0 Å². The van der Waals surface area contributed by atoms with Crippen molar-refractivity contribution in [1.29, 1.82) is 0 Å². The molecule has 3 aromatic carbocycles. The first-order valence-electron chi connectivity index (χ1n) is 10.00. The third-order valence-corrected chi connectivity index (χ3v) is 5.52. The molecule has 1 aliphatic heterocycles. The fraction of sp³-hybridized carbons (Fsp3) is 0.240. The Morgan fingerprint density at radius 2 is 1.59 bits per heavy atom. The van der Waals surface area contributed by atoms with Gasteiger partial charge in [0.15, 0.2) is 0 Å². The summed E-state index contributed by atoms with van der Waals surface area (Å²) in [5, 5.41) is 10.7. The molecule has 0 fully saturated rings. The summed E-state index contributed by atoms with van der Waals surface area (Å²) in [7, 11) is 0. The Bertz CT molecular complexity index is 1150. The van der Waals surface area contributed by atoms with Crippen LogP contribution < -0.4 is 4.74 Å². The summed E-state index contributed by atoms with van der Waals surface area (Å²) in [6.45, 7) is 2.64. The summed E-state index contributed by atoms with van der Waals surface area (Å²) in [6.07, 6.45) is -3.50. The van der Waals surface area contributed by atoms with Gasteiger partial charge in [-0.25, -0.2) is 4.39 Å². The van der Waals surface area contributed by atoms with E-state index in [4.69, 9.17) is 4.74 Å². The summed E-state index contributed by atoms with van der Waals surface area (Å²) in [4.78, 5) is 4.36. The molecule has 0 aliphatic carbocycles. The minimum Gasteiger partial charge on any atom is -0.490 e. The third kappa shape index (κ3) is 4.12. The van der Waals surface area contributed by atoms with Gasteiger partial charge in [-0.15, -0.1) is 0 Å². The molecule has 2 atom stereocenters. The highest BCUT2D eigenvalue weighted by Crippen LogP contribution is 2.42. The van der Waals surface area contributed by atoms with Crippen molar-refractivity contribution >= 4 is 6.21 Å². The molecule has 166 valence electrons. The zero-order chi connectivity index (χ0) is 23.1. The molecule has 4 rings (SSSR count). The second kappa shape index (κ2) is 8.06. The highest BCUT2D eigenvalue weighted by atomic mass is 19.4. The van der Waals surface area contributed by atoms with E-state index in [0.29, 0.717) is 11.1 Å². The van der Waals surface area contributed by atoms with Gasteiger partial charge in [0.1, 0.15) is 24.2 Å². The average Bonchev–Trinajstić information content (AvgIpc) is 3.14. The maximum atomic E-state index is 14.0. The topological polar surface area (TPSA) is 41.8 Å². The summed E-state index contributed by atoms with van der Waals surface area (Å²) in [5.74, 6) is -0.130. The smallest absolute Gasteiger partial charge is 0.424 e. The predicted octanol–water partition coefficient (Wildman–Crippen LogP) is 5.79. The minimum atomic E-state index is -4.97. The van der Waals surface area contributed by atoms with Crippen LogP contribution in [0.15, 0.2) is 65.7 Å². The van der Waals surface area contributed by atoms with Crippen LogP contribution in [-0.4, -0.2) is 24.1 Å². The molecule has 0 radical (unpaired) electrons. The van der Waals surface area contributed by atoms with E-state index < -0.39 is 24.4 Å². The number of halogens is 4. The van der Waals surface area contributed by atoms with Gasteiger partial charge in [-0.05, 0) is 77.6 Å². The molecule has 0 amide bonds. The molecule has 2 unspecified atom stereocenters. The summed E-state index contributed by atoms with van der Waals surface area (Å²) in [6, 6.07) is 14.5. The summed E-state index contributed by atoms with van der Waals surface area (Å²) in [5.41, 5.74) is 0.0116. The summed E-state index contributed by atoms with van der Waals surface area (Å²) >= 11 is 0. The third-order valence-electron chi connectivity index (χ3n) is 5.52. The molecule has 32 heavy (non-hydrogen) atoms. The molecule has 1 aliphatic rings. The molecule has 0 saturated heterocycles. The van der Waals surface area contributed by atoms with Crippen molar-refractivity contribution in [3.63, 3.8) is 0 Å². The highest BCUT2D eigenvalue weighted by molar-refractivity contribution is 5.86. The van der Waals surface area contributed by atoms with Crippen LogP contribution in [0.4, 0.5) is 17.6 Å². The molecule has 0 spiro atoms. The van der Waals surface area contributed by atoms with Crippen molar-refractivity contribution in [3.05, 3.63) is 99.9 Å². The van der Waals surface area contributed by atoms with Crippen molar-refractivity contribution in [3.8, 4) is 5.75 Å². The second-order valence-corrected chi connectivity index (χ2v) is 8.05. The Kier molecular flexibility index (Phi) is 5.54. The number of fused-ring (bicyclic) bond motifs is 1. The number of alkyl halides is 3. The lowest BCUT2D eigenvalue weighted by Gasteiger charge is -2.31. The van der Waals surface area contributed by atoms with Crippen molar-refractivity contribution in [2.75, 3.05) is 6.61 Å². The standard InChI is InChI=1S/C25H21F4NO2/c1-15-9-16(2)11-21(10-15)32-14-24(31,25(27,28)29)19-5-8-22-18(12-19)13-30-23(22)17-3-6-20(26)7-4-17/h3-13,23,31H,14H2,1-2H3.